The minimum absolute atomic E-state index is 0. The third-order valence-electron chi connectivity index (χ3n) is 0. The fourth-order valence-electron chi connectivity index (χ4n) is 0. The number of hydrogen-bond donors (Lipinski definition) is 2. The van der Waals surface area contributed by atoms with Crippen molar-refractivity contribution in [2.45, 2.75) is 0 Å². The quantitative estimate of drug-likeness (QED) is 0.499. The minimum atomic E-state index is -5.25. The van der Waals surface area contributed by atoms with Crippen molar-refractivity contribution in [3.8, 4) is 0 Å². The van der Waals surface area contributed by atoms with Gasteiger partial charge < -0.3 is 0 Å². The van der Waals surface area contributed by atoms with Crippen molar-refractivity contribution in [1.29, 1.82) is 0 Å². The Labute approximate surface area is 145 Å². The van der Waals surface area contributed by atoms with Crippen LogP contribution in [0.2, 0.25) is 0 Å². The molecule has 0 aliphatic rings. The first-order valence-electron chi connectivity index (χ1n) is 0.698. The van der Waals surface area contributed by atoms with Gasteiger partial charge in [0.25, 0.3) is 0 Å². The van der Waals surface area contributed by atoms with Crippen molar-refractivity contribution in [1.82, 2.24) is 0 Å². The van der Waals surface area contributed by atoms with Gasteiger partial charge in [-0.3, -0.25) is 0 Å². The van der Waals surface area contributed by atoms with Crippen LogP contribution in [0.25, 0.3) is 0 Å². The van der Waals surface area contributed by atoms with Gasteiger partial charge in [-0.25, -0.2) is 0 Å². The zero-order valence-electron chi connectivity index (χ0n) is 2.53. The van der Waals surface area contributed by atoms with Gasteiger partial charge >= 0.3 is 132 Å². The van der Waals surface area contributed by atoms with Crippen molar-refractivity contribution in [3.05, 3.63) is 0 Å². The molecule has 0 amide bonds. The molecule has 0 rings (SSSR count). The van der Waals surface area contributed by atoms with E-state index in [0.29, 0.717) is 0 Å². The third kappa shape index (κ3) is 52.5. The van der Waals surface area contributed by atoms with E-state index in [1.54, 1.807) is 0 Å². The molecule has 0 heterocycles. The summed E-state index contributed by atoms with van der Waals surface area (Å²) in [5, 5.41) is 0. The molecule has 0 saturated carbocycles. The molecule has 0 aromatic heterocycles. The molecule has 8 heavy (non-hydrogen) atoms. The second kappa shape index (κ2) is 10.8. The van der Waals surface area contributed by atoms with Crippen LogP contribution < -0.4 is 0 Å². The van der Waals surface area contributed by atoms with E-state index in [4.69, 9.17) is 15.9 Å². The Morgan fingerprint density at radius 2 is 1.00 bits per heavy atom. The summed E-state index contributed by atoms with van der Waals surface area (Å²) in [6.45, 7) is 0. The van der Waals surface area contributed by atoms with Crippen LogP contribution in [-0.4, -0.2) is 111 Å². The maximum absolute atomic E-state index is 8.82. The van der Waals surface area contributed by atoms with Gasteiger partial charge in [-0.1, -0.05) is 0 Å². The molecule has 44 valence electrons. The summed E-state index contributed by atoms with van der Waals surface area (Å²) in [5.74, 6) is 0. The normalized spacial score (nSPS) is 7.25. The molecule has 0 fully saturated rings. The van der Waals surface area contributed by atoms with Crippen LogP contribution in [0.15, 0.2) is 0 Å². The SMILES string of the molecule is Br.[KH].[KH].[O]=[Cr](=[O])([OH])[OH]. The Bertz CT molecular complexity index is 97.2. The molecular formula is H5BrCrK2O4. The van der Waals surface area contributed by atoms with Gasteiger partial charge in [-0.05, 0) is 0 Å². The zero-order valence-corrected chi connectivity index (χ0v) is 5.52. The van der Waals surface area contributed by atoms with E-state index in [2.05, 4.69) is 0 Å². The fraction of sp³-hybridized carbons (Fsp3) is 0. The van der Waals surface area contributed by atoms with Crippen molar-refractivity contribution in [3.63, 3.8) is 0 Å². The van der Waals surface area contributed by atoms with Gasteiger partial charge in [0.15, 0.2) is 0 Å². The van der Waals surface area contributed by atoms with Crippen molar-refractivity contribution >= 4 is 120 Å². The number of hydrogen-bond acceptors (Lipinski definition) is 2. The molecule has 2 N–H and O–H groups in total. The first-order valence-corrected chi connectivity index (χ1v) is 2.88. The molecular weight excluding hydrogens is 274 g/mol. The summed E-state index contributed by atoms with van der Waals surface area (Å²) in [4.78, 5) is 0. The summed E-state index contributed by atoms with van der Waals surface area (Å²) in [6.07, 6.45) is 0. The predicted octanol–water partition coefficient (Wildman–Crippen LogP) is -2.07. The molecule has 0 aromatic carbocycles. The van der Waals surface area contributed by atoms with Gasteiger partial charge in [0.05, 0.1) is 0 Å². The number of halogens is 1. The predicted molar refractivity (Wildman–Crippen MR) is 30.4 cm³/mol. The molecule has 0 bridgehead atoms. The van der Waals surface area contributed by atoms with E-state index >= 15 is 0 Å². The maximum atomic E-state index is 8.82. The molecule has 0 spiro atoms. The standard InChI is InChI=1S/BrH.Cr.2K.2H2O.2O.2H/h1H;;;;2*1H2;;;;/q;+2;;;;;;;;/p-2. The summed E-state index contributed by atoms with van der Waals surface area (Å²) in [5.41, 5.74) is 0. The molecule has 0 aliphatic heterocycles. The number of rotatable bonds is 0. The first kappa shape index (κ1) is 22.6. The monoisotopic (exact) mass is 278 g/mol. The second-order valence-electron chi connectivity index (χ2n) is 0.448. The Balaban J connectivity index is -0.0000000267. The van der Waals surface area contributed by atoms with Crippen molar-refractivity contribution in [2.75, 3.05) is 0 Å². The Kier molecular flexibility index (Phi) is 30.6. The second-order valence-corrected chi connectivity index (χ2v) is 1.85. The summed E-state index contributed by atoms with van der Waals surface area (Å²) in [7, 11) is 0. The third-order valence-corrected chi connectivity index (χ3v) is 0. The van der Waals surface area contributed by atoms with Gasteiger partial charge in [0.1, 0.15) is 0 Å². The van der Waals surface area contributed by atoms with Crippen LogP contribution >= 0.6 is 17.0 Å². The van der Waals surface area contributed by atoms with E-state index in [-0.39, 0.29) is 120 Å². The van der Waals surface area contributed by atoms with Gasteiger partial charge in [0, 0.05) is 0 Å². The topological polar surface area (TPSA) is 74.6 Å². The zero-order chi connectivity index (χ0) is 4.50. The van der Waals surface area contributed by atoms with Gasteiger partial charge in [-0.15, -0.1) is 17.0 Å². The average Bonchev–Trinajstić information content (AvgIpc) is 0.722. The molecule has 0 aliphatic carbocycles. The van der Waals surface area contributed by atoms with Crippen molar-refractivity contribution in [2.24, 2.45) is 0 Å². The first-order chi connectivity index (χ1) is 2.00. The van der Waals surface area contributed by atoms with E-state index in [0.717, 1.165) is 0 Å². The molecule has 0 atom stereocenters. The van der Waals surface area contributed by atoms with Crippen LogP contribution in [-0.2, 0) is 21.2 Å². The van der Waals surface area contributed by atoms with E-state index in [1.165, 1.54) is 0 Å². The Hall–Kier alpha value is 3.81. The van der Waals surface area contributed by atoms with Gasteiger partial charge in [0.2, 0.25) is 0 Å². The fourth-order valence-corrected chi connectivity index (χ4v) is 0. The van der Waals surface area contributed by atoms with E-state index in [1.807, 2.05) is 0 Å². The molecule has 0 radical (unpaired) electrons. The molecule has 0 unspecified atom stereocenters. The molecule has 0 aromatic rings. The Morgan fingerprint density at radius 3 is 1.00 bits per heavy atom. The van der Waals surface area contributed by atoms with Gasteiger partial charge in [-0.2, -0.15) is 0 Å². The van der Waals surface area contributed by atoms with Crippen LogP contribution in [0.3, 0.4) is 0 Å². The van der Waals surface area contributed by atoms with Crippen LogP contribution in [0.1, 0.15) is 0 Å². The summed E-state index contributed by atoms with van der Waals surface area (Å²) < 4.78 is 31.9. The molecule has 0 saturated heterocycles. The molecule has 4 nitrogen and oxygen atoms in total. The molecule has 8 heteroatoms. The Morgan fingerprint density at radius 1 is 1.00 bits per heavy atom. The van der Waals surface area contributed by atoms with Crippen LogP contribution in [0.5, 0.6) is 0 Å². The van der Waals surface area contributed by atoms with Crippen molar-refractivity contribution < 1.29 is 29.5 Å². The van der Waals surface area contributed by atoms with E-state index < -0.39 is 13.6 Å². The van der Waals surface area contributed by atoms with Crippen LogP contribution in [0.4, 0.5) is 0 Å². The summed E-state index contributed by atoms with van der Waals surface area (Å²) >= 11 is -5.25. The average molecular weight is 279 g/mol. The van der Waals surface area contributed by atoms with Crippen LogP contribution in [0, 0.1) is 0 Å². The van der Waals surface area contributed by atoms with E-state index in [9.17, 15) is 0 Å². The summed E-state index contributed by atoms with van der Waals surface area (Å²) in [6, 6.07) is 0.